The zero-order valence-electron chi connectivity index (χ0n) is 17.3. The summed E-state index contributed by atoms with van der Waals surface area (Å²) in [6.07, 6.45) is -0.547. The molecule has 2 rings (SSSR count). The number of hydrogen-bond acceptors (Lipinski definition) is 6. The standard InChI is InChI=1S/C21H30NO5P/c1-15(2)26-28(23,27-16(3)4)21(22-18-10-8-7-9-11-18)17-12-13-19(24-5)20(14-17)25-6/h7-16,21-22H,1-6H3. The number of hydrogen-bond donors (Lipinski definition) is 1. The average molecular weight is 407 g/mol. The van der Waals surface area contributed by atoms with Crippen molar-refractivity contribution in [2.75, 3.05) is 19.5 Å². The molecule has 28 heavy (non-hydrogen) atoms. The van der Waals surface area contributed by atoms with Crippen molar-refractivity contribution in [2.24, 2.45) is 0 Å². The monoisotopic (exact) mass is 407 g/mol. The molecule has 2 aromatic carbocycles. The Bertz CT molecular complexity index is 781. The molecular weight excluding hydrogens is 377 g/mol. The molecular formula is C21H30NO5P. The lowest BCUT2D eigenvalue weighted by Gasteiger charge is -2.31. The van der Waals surface area contributed by atoms with Gasteiger partial charge in [-0.2, -0.15) is 0 Å². The van der Waals surface area contributed by atoms with Crippen molar-refractivity contribution < 1.29 is 23.1 Å². The molecule has 0 fully saturated rings. The molecule has 0 saturated carbocycles. The molecule has 154 valence electrons. The van der Waals surface area contributed by atoms with Gasteiger partial charge < -0.3 is 23.8 Å². The topological polar surface area (TPSA) is 66.0 Å². The summed E-state index contributed by atoms with van der Waals surface area (Å²) in [5.41, 5.74) is 1.52. The minimum absolute atomic E-state index is 0.273. The van der Waals surface area contributed by atoms with Crippen molar-refractivity contribution in [1.29, 1.82) is 0 Å². The molecule has 6 nitrogen and oxygen atoms in total. The quantitative estimate of drug-likeness (QED) is 0.498. The van der Waals surface area contributed by atoms with Gasteiger partial charge in [0.25, 0.3) is 0 Å². The molecule has 1 atom stereocenters. The van der Waals surface area contributed by atoms with Crippen LogP contribution in [0.4, 0.5) is 5.69 Å². The first kappa shape index (κ1) is 22.3. The van der Waals surface area contributed by atoms with Crippen molar-refractivity contribution in [2.45, 2.75) is 45.7 Å². The molecule has 0 spiro atoms. The van der Waals surface area contributed by atoms with E-state index in [-0.39, 0.29) is 12.2 Å². The first-order valence-electron chi connectivity index (χ1n) is 9.29. The fraction of sp³-hybridized carbons (Fsp3) is 0.429. The zero-order chi connectivity index (χ0) is 20.7. The maximum absolute atomic E-state index is 13.9. The van der Waals surface area contributed by atoms with Gasteiger partial charge in [0.1, 0.15) is 0 Å². The second-order valence-corrected chi connectivity index (χ2v) is 8.89. The van der Waals surface area contributed by atoms with Crippen LogP contribution < -0.4 is 14.8 Å². The van der Waals surface area contributed by atoms with E-state index in [1.165, 1.54) is 0 Å². The summed E-state index contributed by atoms with van der Waals surface area (Å²) in [6, 6.07) is 15.0. The molecule has 0 bridgehead atoms. The first-order chi connectivity index (χ1) is 13.3. The minimum atomic E-state index is -3.59. The predicted octanol–water partition coefficient (Wildman–Crippen LogP) is 5.86. The second kappa shape index (κ2) is 9.97. The molecule has 7 heteroatoms. The van der Waals surface area contributed by atoms with Crippen LogP contribution in [0.1, 0.15) is 39.0 Å². The molecule has 0 saturated heterocycles. The molecule has 0 aliphatic rings. The molecule has 0 aliphatic heterocycles. The highest BCUT2D eigenvalue weighted by atomic mass is 31.2. The van der Waals surface area contributed by atoms with Crippen molar-refractivity contribution >= 4 is 13.3 Å². The highest BCUT2D eigenvalue weighted by molar-refractivity contribution is 7.54. The summed E-state index contributed by atoms with van der Waals surface area (Å²) < 4.78 is 36.4. The predicted molar refractivity (Wildman–Crippen MR) is 112 cm³/mol. The molecule has 0 radical (unpaired) electrons. The summed E-state index contributed by atoms with van der Waals surface area (Å²) in [6.45, 7) is 7.35. The van der Waals surface area contributed by atoms with Crippen LogP contribution in [0.5, 0.6) is 11.5 Å². The lowest BCUT2D eigenvalue weighted by molar-refractivity contribution is 0.138. The maximum atomic E-state index is 13.9. The van der Waals surface area contributed by atoms with Gasteiger partial charge in [-0.15, -0.1) is 0 Å². The van der Waals surface area contributed by atoms with E-state index in [1.54, 1.807) is 26.4 Å². The van der Waals surface area contributed by atoms with Gasteiger partial charge in [-0.05, 0) is 57.5 Å². The van der Waals surface area contributed by atoms with Crippen molar-refractivity contribution in [3.8, 4) is 11.5 Å². The highest BCUT2D eigenvalue weighted by Gasteiger charge is 2.40. The van der Waals surface area contributed by atoms with Crippen molar-refractivity contribution in [3.63, 3.8) is 0 Å². The molecule has 1 unspecified atom stereocenters. The Balaban J connectivity index is 2.56. The number of anilines is 1. The van der Waals surface area contributed by atoms with E-state index >= 15 is 0 Å². The van der Waals surface area contributed by atoms with E-state index < -0.39 is 13.4 Å². The Hall–Kier alpha value is -2.01. The number of rotatable bonds is 10. The van der Waals surface area contributed by atoms with Gasteiger partial charge in [-0.1, -0.05) is 24.3 Å². The minimum Gasteiger partial charge on any atom is -0.493 e. The van der Waals surface area contributed by atoms with Crippen LogP contribution in [-0.2, 0) is 13.6 Å². The fourth-order valence-electron chi connectivity index (χ4n) is 2.79. The Morgan fingerprint density at radius 3 is 1.89 bits per heavy atom. The van der Waals surface area contributed by atoms with Gasteiger partial charge in [0.05, 0.1) is 26.4 Å². The third-order valence-corrected chi connectivity index (χ3v) is 6.32. The van der Waals surface area contributed by atoms with Gasteiger partial charge in [0, 0.05) is 5.69 Å². The number of para-hydroxylation sites is 1. The van der Waals surface area contributed by atoms with Crippen LogP contribution in [0.15, 0.2) is 48.5 Å². The smallest absolute Gasteiger partial charge is 0.357 e. The second-order valence-electron chi connectivity index (χ2n) is 6.88. The van der Waals surface area contributed by atoms with Crippen LogP contribution in [0.25, 0.3) is 0 Å². The largest absolute Gasteiger partial charge is 0.493 e. The van der Waals surface area contributed by atoms with Crippen molar-refractivity contribution in [1.82, 2.24) is 0 Å². The van der Waals surface area contributed by atoms with E-state index in [2.05, 4.69) is 5.32 Å². The summed E-state index contributed by atoms with van der Waals surface area (Å²) in [7, 11) is -0.450. The van der Waals surface area contributed by atoms with E-state index in [1.807, 2.05) is 64.1 Å². The van der Waals surface area contributed by atoms with Gasteiger partial charge >= 0.3 is 7.60 Å². The van der Waals surface area contributed by atoms with Gasteiger partial charge in [0.2, 0.25) is 0 Å². The van der Waals surface area contributed by atoms with Crippen LogP contribution in [0.2, 0.25) is 0 Å². The van der Waals surface area contributed by atoms with Crippen LogP contribution in [0, 0.1) is 0 Å². The van der Waals surface area contributed by atoms with Gasteiger partial charge in [-0.3, -0.25) is 4.57 Å². The number of ether oxygens (including phenoxy) is 2. The summed E-state index contributed by atoms with van der Waals surface area (Å²) in [4.78, 5) is 0. The summed E-state index contributed by atoms with van der Waals surface area (Å²) in [5, 5.41) is 3.33. The van der Waals surface area contributed by atoms with E-state index in [0.29, 0.717) is 17.1 Å². The van der Waals surface area contributed by atoms with Crippen molar-refractivity contribution in [3.05, 3.63) is 54.1 Å². The van der Waals surface area contributed by atoms with Crippen LogP contribution >= 0.6 is 7.60 Å². The van der Waals surface area contributed by atoms with E-state index in [0.717, 1.165) is 5.69 Å². The summed E-state index contributed by atoms with van der Waals surface area (Å²) >= 11 is 0. The first-order valence-corrected chi connectivity index (χ1v) is 10.9. The Labute approximate surface area is 167 Å². The lowest BCUT2D eigenvalue weighted by atomic mass is 10.2. The lowest BCUT2D eigenvalue weighted by Crippen LogP contribution is -2.19. The molecule has 0 heterocycles. The molecule has 0 aromatic heterocycles. The highest BCUT2D eigenvalue weighted by Crippen LogP contribution is 2.62. The third kappa shape index (κ3) is 5.74. The average Bonchev–Trinajstić information content (AvgIpc) is 2.65. The molecule has 0 amide bonds. The maximum Gasteiger partial charge on any atom is 0.357 e. The van der Waals surface area contributed by atoms with Crippen LogP contribution in [0.3, 0.4) is 0 Å². The SMILES string of the molecule is COc1ccc(C(Nc2ccccc2)P(=O)(OC(C)C)OC(C)C)cc1OC. The fourth-order valence-corrected chi connectivity index (χ4v) is 5.10. The van der Waals surface area contributed by atoms with E-state index in [4.69, 9.17) is 18.5 Å². The third-order valence-electron chi connectivity index (χ3n) is 3.83. The van der Waals surface area contributed by atoms with Gasteiger partial charge in [0.15, 0.2) is 17.3 Å². The Kier molecular flexibility index (Phi) is 7.93. The Morgan fingerprint density at radius 1 is 0.821 bits per heavy atom. The van der Waals surface area contributed by atoms with E-state index in [9.17, 15) is 4.57 Å². The summed E-state index contributed by atoms with van der Waals surface area (Å²) in [5.74, 6) is 0.411. The number of nitrogens with one attached hydrogen (secondary N) is 1. The molecule has 2 aromatic rings. The number of methoxy groups -OCH3 is 2. The van der Waals surface area contributed by atoms with Crippen LogP contribution in [-0.4, -0.2) is 26.4 Å². The molecule has 0 aliphatic carbocycles. The normalized spacial score (nSPS) is 12.9. The molecule has 1 N–H and O–H groups in total. The number of benzene rings is 2. The van der Waals surface area contributed by atoms with Gasteiger partial charge in [-0.25, -0.2) is 0 Å². The zero-order valence-corrected chi connectivity index (χ0v) is 18.2. The Morgan fingerprint density at radius 2 is 1.39 bits per heavy atom.